The number of rotatable bonds is 6. The Morgan fingerprint density at radius 3 is 2.67 bits per heavy atom. The van der Waals surface area contributed by atoms with Gasteiger partial charge in [-0.15, -0.1) is 0 Å². The van der Waals surface area contributed by atoms with Gasteiger partial charge >= 0.3 is 0 Å². The summed E-state index contributed by atoms with van der Waals surface area (Å²) in [5.41, 5.74) is 2.25. The third-order valence-electron chi connectivity index (χ3n) is 5.13. The Morgan fingerprint density at radius 1 is 1.04 bits per heavy atom. The Morgan fingerprint density at radius 2 is 1.81 bits per heavy atom. The minimum atomic E-state index is -0.261. The first-order chi connectivity index (χ1) is 13.2. The Kier molecular flexibility index (Phi) is 4.92. The van der Waals surface area contributed by atoms with Gasteiger partial charge < -0.3 is 14.8 Å². The lowest BCUT2D eigenvalue weighted by Crippen LogP contribution is -2.34. The molecule has 0 bridgehead atoms. The maximum absolute atomic E-state index is 12.5. The van der Waals surface area contributed by atoms with E-state index in [0.717, 1.165) is 11.1 Å². The Bertz CT molecular complexity index is 948. The van der Waals surface area contributed by atoms with Crippen LogP contribution in [0.2, 0.25) is 0 Å². The molecule has 138 valence electrons. The highest BCUT2D eigenvalue weighted by atomic mass is 16.2. The molecule has 1 aliphatic rings. The molecule has 0 aliphatic carbocycles. The van der Waals surface area contributed by atoms with Crippen molar-refractivity contribution in [1.29, 1.82) is 0 Å². The summed E-state index contributed by atoms with van der Waals surface area (Å²) >= 11 is 0. The first kappa shape index (κ1) is 17.3. The van der Waals surface area contributed by atoms with E-state index in [1.807, 2.05) is 48.7 Å². The first-order valence-corrected chi connectivity index (χ1v) is 9.34. The molecular formula is C22H23N3O2. The van der Waals surface area contributed by atoms with E-state index in [0.29, 0.717) is 32.6 Å². The van der Waals surface area contributed by atoms with Gasteiger partial charge in [-0.05, 0) is 23.1 Å². The van der Waals surface area contributed by atoms with E-state index in [2.05, 4.69) is 28.1 Å². The molecule has 0 spiro atoms. The number of carbonyl (C=O) groups is 2. The Balaban J connectivity index is 1.29. The van der Waals surface area contributed by atoms with Crippen molar-refractivity contribution in [2.24, 2.45) is 5.92 Å². The smallest absolute Gasteiger partial charge is 0.225 e. The van der Waals surface area contributed by atoms with E-state index in [1.54, 1.807) is 4.90 Å². The molecule has 2 amide bonds. The van der Waals surface area contributed by atoms with E-state index in [4.69, 9.17) is 0 Å². The Labute approximate surface area is 158 Å². The van der Waals surface area contributed by atoms with Crippen LogP contribution in [-0.4, -0.2) is 34.4 Å². The number of benzene rings is 2. The van der Waals surface area contributed by atoms with Gasteiger partial charge in [0.05, 0.1) is 5.92 Å². The van der Waals surface area contributed by atoms with Crippen molar-refractivity contribution in [1.82, 2.24) is 14.8 Å². The number of aromatic nitrogens is 1. The third-order valence-corrected chi connectivity index (χ3v) is 5.13. The summed E-state index contributed by atoms with van der Waals surface area (Å²) in [4.78, 5) is 26.5. The van der Waals surface area contributed by atoms with Gasteiger partial charge in [0.15, 0.2) is 0 Å². The molecular weight excluding hydrogens is 338 g/mol. The quantitative estimate of drug-likeness (QED) is 0.734. The summed E-state index contributed by atoms with van der Waals surface area (Å²) in [5, 5.41) is 4.19. The molecule has 0 radical (unpaired) electrons. The fourth-order valence-corrected chi connectivity index (χ4v) is 3.68. The molecule has 4 rings (SSSR count). The zero-order valence-corrected chi connectivity index (χ0v) is 15.2. The summed E-state index contributed by atoms with van der Waals surface area (Å²) in [7, 11) is 0. The van der Waals surface area contributed by atoms with Crippen LogP contribution in [0.1, 0.15) is 12.0 Å². The lowest BCUT2D eigenvalue weighted by Gasteiger charge is -2.16. The van der Waals surface area contributed by atoms with Gasteiger partial charge in [-0.3, -0.25) is 9.59 Å². The molecule has 1 unspecified atom stereocenters. The number of para-hydroxylation sites is 1. The molecule has 2 heterocycles. The summed E-state index contributed by atoms with van der Waals surface area (Å²) < 4.78 is 2.14. The van der Waals surface area contributed by atoms with Crippen LogP contribution in [0, 0.1) is 5.92 Å². The molecule has 1 aliphatic heterocycles. The largest absolute Gasteiger partial charge is 0.354 e. The summed E-state index contributed by atoms with van der Waals surface area (Å²) in [6, 6.07) is 20.2. The number of hydrogen-bond acceptors (Lipinski definition) is 2. The number of carbonyl (C=O) groups excluding carboxylic acids is 2. The fraction of sp³-hybridized carbons (Fsp3) is 0.273. The molecule has 1 aromatic heterocycles. The van der Waals surface area contributed by atoms with Crippen molar-refractivity contribution in [3.8, 4) is 0 Å². The molecule has 1 fully saturated rings. The zero-order valence-electron chi connectivity index (χ0n) is 15.2. The maximum Gasteiger partial charge on any atom is 0.225 e. The molecule has 5 nitrogen and oxygen atoms in total. The minimum absolute atomic E-state index is 0.0321. The number of fused-ring (bicyclic) bond motifs is 1. The fourth-order valence-electron chi connectivity index (χ4n) is 3.68. The van der Waals surface area contributed by atoms with Crippen molar-refractivity contribution in [3.63, 3.8) is 0 Å². The number of nitrogens with zero attached hydrogens (tertiary/aromatic N) is 2. The first-order valence-electron chi connectivity index (χ1n) is 9.34. The van der Waals surface area contributed by atoms with Crippen LogP contribution in [0.15, 0.2) is 66.9 Å². The highest BCUT2D eigenvalue weighted by Gasteiger charge is 2.33. The van der Waals surface area contributed by atoms with Crippen LogP contribution in [0.4, 0.5) is 0 Å². The lowest BCUT2D eigenvalue weighted by molar-refractivity contribution is -0.129. The normalized spacial score (nSPS) is 16.8. The summed E-state index contributed by atoms with van der Waals surface area (Å²) in [5.74, 6) is -0.242. The monoisotopic (exact) mass is 361 g/mol. The number of nitrogens with one attached hydrogen (secondary N) is 1. The Hall–Kier alpha value is -3.08. The molecule has 1 saturated heterocycles. The van der Waals surface area contributed by atoms with Gasteiger partial charge in [-0.2, -0.15) is 0 Å². The standard InChI is InChI=1S/C22H23N3O2/c26-21-14-19(16-25(21)15-17-6-2-1-3-7-17)22(27)23-11-13-24-12-10-18-8-4-5-9-20(18)24/h1-10,12,19H,11,13-16H2,(H,23,27). The van der Waals surface area contributed by atoms with Crippen molar-refractivity contribution in [2.45, 2.75) is 19.5 Å². The molecule has 0 saturated carbocycles. The van der Waals surface area contributed by atoms with E-state index in [1.165, 1.54) is 5.39 Å². The van der Waals surface area contributed by atoms with Crippen LogP contribution in [0.3, 0.4) is 0 Å². The van der Waals surface area contributed by atoms with Crippen molar-refractivity contribution < 1.29 is 9.59 Å². The molecule has 2 aromatic carbocycles. The average molecular weight is 361 g/mol. The SMILES string of the molecule is O=C(NCCn1ccc2ccccc21)C1CC(=O)N(Cc2ccccc2)C1. The number of likely N-dealkylation sites (tertiary alicyclic amines) is 1. The second kappa shape index (κ2) is 7.66. The molecule has 1 atom stereocenters. The second-order valence-electron chi connectivity index (χ2n) is 7.02. The molecule has 3 aromatic rings. The summed E-state index contributed by atoms with van der Waals surface area (Å²) in [6.07, 6.45) is 2.34. The van der Waals surface area contributed by atoms with Crippen LogP contribution in [-0.2, 0) is 22.7 Å². The number of amides is 2. The van der Waals surface area contributed by atoms with Crippen LogP contribution < -0.4 is 5.32 Å². The van der Waals surface area contributed by atoms with E-state index in [9.17, 15) is 9.59 Å². The highest BCUT2D eigenvalue weighted by Crippen LogP contribution is 2.20. The van der Waals surface area contributed by atoms with Gasteiger partial charge in [-0.1, -0.05) is 48.5 Å². The van der Waals surface area contributed by atoms with Gasteiger partial charge in [0, 0.05) is 44.3 Å². The summed E-state index contributed by atoms with van der Waals surface area (Å²) in [6.45, 7) is 2.33. The molecule has 5 heteroatoms. The number of hydrogen-bond donors (Lipinski definition) is 1. The van der Waals surface area contributed by atoms with Gasteiger partial charge in [0.1, 0.15) is 0 Å². The maximum atomic E-state index is 12.5. The van der Waals surface area contributed by atoms with Crippen LogP contribution >= 0.6 is 0 Å². The topological polar surface area (TPSA) is 54.3 Å². The van der Waals surface area contributed by atoms with Gasteiger partial charge in [0.25, 0.3) is 0 Å². The predicted molar refractivity (Wildman–Crippen MR) is 105 cm³/mol. The molecule has 1 N–H and O–H groups in total. The minimum Gasteiger partial charge on any atom is -0.354 e. The van der Waals surface area contributed by atoms with Crippen molar-refractivity contribution >= 4 is 22.7 Å². The van der Waals surface area contributed by atoms with Crippen LogP contribution in [0.25, 0.3) is 10.9 Å². The zero-order chi connectivity index (χ0) is 18.6. The van der Waals surface area contributed by atoms with E-state index in [-0.39, 0.29) is 17.7 Å². The third kappa shape index (κ3) is 3.87. The average Bonchev–Trinajstić information content (AvgIpc) is 3.27. The predicted octanol–water partition coefficient (Wildman–Crippen LogP) is 2.81. The second-order valence-corrected chi connectivity index (χ2v) is 7.02. The van der Waals surface area contributed by atoms with Gasteiger partial charge in [0.2, 0.25) is 11.8 Å². The highest BCUT2D eigenvalue weighted by molar-refractivity contribution is 5.89. The van der Waals surface area contributed by atoms with Gasteiger partial charge in [-0.25, -0.2) is 0 Å². The van der Waals surface area contributed by atoms with Crippen molar-refractivity contribution in [2.75, 3.05) is 13.1 Å². The lowest BCUT2D eigenvalue weighted by atomic mass is 10.1. The van der Waals surface area contributed by atoms with Crippen LogP contribution in [0.5, 0.6) is 0 Å². The molecule has 27 heavy (non-hydrogen) atoms. The van der Waals surface area contributed by atoms with E-state index < -0.39 is 0 Å². The van der Waals surface area contributed by atoms with Crippen molar-refractivity contribution in [3.05, 3.63) is 72.4 Å². The van der Waals surface area contributed by atoms with E-state index >= 15 is 0 Å².